The van der Waals surface area contributed by atoms with Gasteiger partial charge in [0, 0.05) is 31.4 Å². The average molecular weight is 305 g/mol. The van der Waals surface area contributed by atoms with E-state index in [2.05, 4.69) is 41.4 Å². The lowest BCUT2D eigenvalue weighted by Gasteiger charge is -2.21. The van der Waals surface area contributed by atoms with Crippen LogP contribution in [0.4, 0.5) is 0 Å². The van der Waals surface area contributed by atoms with Crippen LogP contribution >= 0.6 is 11.6 Å². The summed E-state index contributed by atoms with van der Waals surface area (Å²) in [6.45, 7) is 6.15. The molecule has 4 nitrogen and oxygen atoms in total. The Morgan fingerprint density at radius 2 is 2.19 bits per heavy atom. The number of aryl methyl sites for hydroxylation is 1. The fourth-order valence-corrected chi connectivity index (χ4v) is 2.45. The Hall–Kier alpha value is -1.57. The van der Waals surface area contributed by atoms with E-state index >= 15 is 0 Å². The van der Waals surface area contributed by atoms with Gasteiger partial charge in [0.25, 0.3) is 0 Å². The molecular weight excluding hydrogens is 284 g/mol. The van der Waals surface area contributed by atoms with Crippen LogP contribution in [0.25, 0.3) is 11.0 Å². The molecule has 1 heterocycles. The number of benzene rings is 1. The highest BCUT2D eigenvalue weighted by molar-refractivity contribution is 6.17. The second-order valence-electron chi connectivity index (χ2n) is 5.51. The summed E-state index contributed by atoms with van der Waals surface area (Å²) < 4.78 is 2.19. The summed E-state index contributed by atoms with van der Waals surface area (Å²) in [5, 5.41) is 9.08. The highest BCUT2D eigenvalue weighted by Crippen LogP contribution is 2.19. The second kappa shape index (κ2) is 6.93. The van der Waals surface area contributed by atoms with E-state index in [1.165, 1.54) is 0 Å². The van der Waals surface area contributed by atoms with Crippen LogP contribution < -0.4 is 0 Å². The molecule has 0 aliphatic rings. The van der Waals surface area contributed by atoms with Gasteiger partial charge in [-0.1, -0.05) is 0 Å². The molecule has 0 fully saturated rings. The number of halogens is 1. The van der Waals surface area contributed by atoms with E-state index in [-0.39, 0.29) is 0 Å². The Morgan fingerprint density at radius 3 is 2.81 bits per heavy atom. The third-order valence-corrected chi connectivity index (χ3v) is 4.02. The summed E-state index contributed by atoms with van der Waals surface area (Å²) >= 11 is 5.89. The Kier molecular flexibility index (Phi) is 5.22. The predicted octanol–water partition coefficient (Wildman–Crippen LogP) is 3.03. The van der Waals surface area contributed by atoms with Crippen molar-refractivity contribution >= 4 is 22.6 Å². The van der Waals surface area contributed by atoms with Crippen LogP contribution in [0.1, 0.15) is 25.2 Å². The molecule has 1 aromatic heterocycles. The van der Waals surface area contributed by atoms with Gasteiger partial charge < -0.3 is 9.47 Å². The smallest absolute Gasteiger partial charge is 0.111 e. The van der Waals surface area contributed by atoms with Gasteiger partial charge >= 0.3 is 0 Å². The molecular formula is C16H21ClN4. The molecule has 0 N–H and O–H groups in total. The first-order chi connectivity index (χ1) is 10.1. The zero-order valence-electron chi connectivity index (χ0n) is 12.8. The van der Waals surface area contributed by atoms with Crippen molar-refractivity contribution < 1.29 is 0 Å². The van der Waals surface area contributed by atoms with E-state index in [0.29, 0.717) is 17.5 Å². The largest absolute Gasteiger partial charge is 0.327 e. The Labute approximate surface area is 130 Å². The molecule has 0 saturated carbocycles. The van der Waals surface area contributed by atoms with Gasteiger partial charge in [0.05, 0.1) is 22.7 Å². The number of nitrogens with zero attached hydrogens (tertiary/aromatic N) is 4. The van der Waals surface area contributed by atoms with Crippen LogP contribution in [-0.2, 0) is 13.0 Å². The van der Waals surface area contributed by atoms with Gasteiger partial charge in [0.15, 0.2) is 0 Å². The SMILES string of the molecule is CC(C)N(C)CCn1c(CCCl)nc2ccc(C#N)cc21. The molecule has 0 aliphatic heterocycles. The molecule has 0 saturated heterocycles. The molecule has 5 heteroatoms. The minimum atomic E-state index is 0.505. The second-order valence-corrected chi connectivity index (χ2v) is 5.89. The molecule has 0 spiro atoms. The summed E-state index contributed by atoms with van der Waals surface area (Å²) in [6.07, 6.45) is 0.740. The number of aromatic nitrogens is 2. The number of hydrogen-bond donors (Lipinski definition) is 0. The molecule has 21 heavy (non-hydrogen) atoms. The van der Waals surface area contributed by atoms with Crippen molar-refractivity contribution in [1.29, 1.82) is 5.26 Å². The minimum absolute atomic E-state index is 0.505. The molecule has 0 bridgehead atoms. The molecule has 0 unspecified atom stereocenters. The normalized spacial score (nSPS) is 11.5. The van der Waals surface area contributed by atoms with Crippen LogP contribution in [0.15, 0.2) is 18.2 Å². The lowest BCUT2D eigenvalue weighted by atomic mass is 10.2. The van der Waals surface area contributed by atoms with Crippen molar-refractivity contribution in [3.8, 4) is 6.07 Å². The van der Waals surface area contributed by atoms with Gasteiger partial charge in [0.1, 0.15) is 5.82 Å². The molecule has 0 aliphatic carbocycles. The molecule has 0 radical (unpaired) electrons. The highest BCUT2D eigenvalue weighted by Gasteiger charge is 2.12. The maximum Gasteiger partial charge on any atom is 0.111 e. The Balaban J connectivity index is 2.37. The van der Waals surface area contributed by atoms with Gasteiger partial charge in [-0.25, -0.2) is 4.98 Å². The van der Waals surface area contributed by atoms with Crippen molar-refractivity contribution in [3.63, 3.8) is 0 Å². The molecule has 0 amide bonds. The van der Waals surface area contributed by atoms with Gasteiger partial charge in [-0.15, -0.1) is 11.6 Å². The van der Waals surface area contributed by atoms with Crippen molar-refractivity contribution in [2.24, 2.45) is 0 Å². The number of rotatable bonds is 6. The Morgan fingerprint density at radius 1 is 1.43 bits per heavy atom. The molecule has 2 aromatic rings. The van der Waals surface area contributed by atoms with E-state index in [4.69, 9.17) is 16.9 Å². The van der Waals surface area contributed by atoms with E-state index in [1.54, 1.807) is 0 Å². The molecule has 2 rings (SSSR count). The van der Waals surface area contributed by atoms with Crippen LogP contribution in [0.3, 0.4) is 0 Å². The maximum absolute atomic E-state index is 9.08. The fraction of sp³-hybridized carbons (Fsp3) is 0.500. The van der Waals surface area contributed by atoms with Gasteiger partial charge in [-0.05, 0) is 39.1 Å². The summed E-state index contributed by atoms with van der Waals surface area (Å²) in [7, 11) is 2.12. The van der Waals surface area contributed by atoms with E-state index < -0.39 is 0 Å². The number of hydrogen-bond acceptors (Lipinski definition) is 3. The number of fused-ring (bicyclic) bond motifs is 1. The van der Waals surface area contributed by atoms with Gasteiger partial charge in [0.2, 0.25) is 0 Å². The van der Waals surface area contributed by atoms with Crippen molar-refractivity contribution in [2.75, 3.05) is 19.5 Å². The summed E-state index contributed by atoms with van der Waals surface area (Å²) in [5.74, 6) is 1.54. The summed E-state index contributed by atoms with van der Waals surface area (Å²) in [5.41, 5.74) is 2.62. The number of imidazole rings is 1. The van der Waals surface area contributed by atoms with Gasteiger partial charge in [-0.3, -0.25) is 0 Å². The van der Waals surface area contributed by atoms with E-state index in [0.717, 1.165) is 36.4 Å². The highest BCUT2D eigenvalue weighted by atomic mass is 35.5. The minimum Gasteiger partial charge on any atom is -0.327 e. The fourth-order valence-electron chi connectivity index (χ4n) is 2.28. The predicted molar refractivity (Wildman–Crippen MR) is 86.6 cm³/mol. The van der Waals surface area contributed by atoms with Crippen molar-refractivity contribution in [1.82, 2.24) is 14.5 Å². The maximum atomic E-state index is 9.08. The number of alkyl halides is 1. The first-order valence-corrected chi connectivity index (χ1v) is 7.75. The monoisotopic (exact) mass is 304 g/mol. The lowest BCUT2D eigenvalue weighted by molar-refractivity contribution is 0.263. The van der Waals surface area contributed by atoms with Crippen LogP contribution in [-0.4, -0.2) is 40.0 Å². The zero-order valence-corrected chi connectivity index (χ0v) is 13.6. The first kappa shape index (κ1) is 15.8. The average Bonchev–Trinajstić information content (AvgIpc) is 2.81. The quantitative estimate of drug-likeness (QED) is 0.771. The number of nitriles is 1. The molecule has 0 atom stereocenters. The number of likely N-dealkylation sites (N-methyl/N-ethyl adjacent to an activating group) is 1. The van der Waals surface area contributed by atoms with E-state index in [1.807, 2.05) is 18.2 Å². The molecule has 1 aromatic carbocycles. The molecule has 112 valence electrons. The zero-order chi connectivity index (χ0) is 15.4. The van der Waals surface area contributed by atoms with Crippen LogP contribution in [0.5, 0.6) is 0 Å². The van der Waals surface area contributed by atoms with Crippen LogP contribution in [0, 0.1) is 11.3 Å². The van der Waals surface area contributed by atoms with Crippen LogP contribution in [0.2, 0.25) is 0 Å². The summed E-state index contributed by atoms with van der Waals surface area (Å²) in [6, 6.07) is 8.33. The third-order valence-electron chi connectivity index (χ3n) is 3.83. The topological polar surface area (TPSA) is 44.9 Å². The standard InChI is InChI=1S/C16H21ClN4/c1-12(2)20(3)8-9-21-15-10-13(11-18)4-5-14(15)19-16(21)6-7-17/h4-5,10,12H,6-9H2,1-3H3. The first-order valence-electron chi connectivity index (χ1n) is 7.22. The Bertz CT molecular complexity index is 654. The van der Waals surface area contributed by atoms with E-state index in [9.17, 15) is 0 Å². The lowest BCUT2D eigenvalue weighted by Crippen LogP contribution is -2.30. The third kappa shape index (κ3) is 3.55. The summed E-state index contributed by atoms with van der Waals surface area (Å²) in [4.78, 5) is 6.95. The van der Waals surface area contributed by atoms with Gasteiger partial charge in [-0.2, -0.15) is 5.26 Å². The van der Waals surface area contributed by atoms with Crippen molar-refractivity contribution in [3.05, 3.63) is 29.6 Å². The van der Waals surface area contributed by atoms with Crippen molar-refractivity contribution in [2.45, 2.75) is 32.9 Å².